The Morgan fingerprint density at radius 2 is 2.00 bits per heavy atom. The first-order valence-electron chi connectivity index (χ1n) is 11.0. The number of anilines is 1. The van der Waals surface area contributed by atoms with Gasteiger partial charge in [-0.15, -0.1) is 10.2 Å². The Morgan fingerprint density at radius 1 is 1.15 bits per heavy atom. The fraction of sp³-hybridized carbons (Fsp3) is 0.240. The molecule has 33 heavy (non-hydrogen) atoms. The second-order valence-corrected chi connectivity index (χ2v) is 8.93. The Bertz CT molecular complexity index is 1390. The summed E-state index contributed by atoms with van der Waals surface area (Å²) in [5.74, 6) is 0.764. The van der Waals surface area contributed by atoms with E-state index in [1.54, 1.807) is 6.33 Å². The second kappa shape index (κ2) is 7.77. The first-order valence-corrected chi connectivity index (χ1v) is 11.4. The highest BCUT2D eigenvalue weighted by molar-refractivity contribution is 6.32. The van der Waals surface area contributed by atoms with Gasteiger partial charge in [0.15, 0.2) is 5.82 Å². The highest BCUT2D eigenvalue weighted by Crippen LogP contribution is 2.40. The van der Waals surface area contributed by atoms with E-state index in [1.165, 1.54) is 11.3 Å². The van der Waals surface area contributed by atoms with E-state index in [4.69, 9.17) is 16.9 Å². The molecule has 7 nitrogen and oxygen atoms in total. The van der Waals surface area contributed by atoms with E-state index >= 15 is 0 Å². The quantitative estimate of drug-likeness (QED) is 0.443. The highest BCUT2D eigenvalue weighted by atomic mass is 35.5. The fourth-order valence-electron chi connectivity index (χ4n) is 4.91. The predicted octanol–water partition coefficient (Wildman–Crippen LogP) is 4.09. The molecule has 0 aliphatic carbocycles. The van der Waals surface area contributed by atoms with E-state index in [1.807, 2.05) is 35.9 Å². The molecule has 0 spiro atoms. The van der Waals surface area contributed by atoms with Crippen LogP contribution in [0.4, 0.5) is 5.69 Å². The van der Waals surface area contributed by atoms with Gasteiger partial charge in [0.25, 0.3) is 0 Å². The number of fused-ring (bicyclic) bond motifs is 5. The molecule has 2 aromatic heterocycles. The largest absolute Gasteiger partial charge is 0.370 e. The van der Waals surface area contributed by atoms with Gasteiger partial charge in [0.05, 0.1) is 29.6 Å². The van der Waals surface area contributed by atoms with Crippen molar-refractivity contribution in [3.05, 3.63) is 71.1 Å². The number of hydrogen-bond donors (Lipinski definition) is 1. The van der Waals surface area contributed by atoms with E-state index < -0.39 is 0 Å². The van der Waals surface area contributed by atoms with Crippen molar-refractivity contribution >= 4 is 17.3 Å². The average Bonchev–Trinajstić information content (AvgIpc) is 3.57. The fourth-order valence-corrected chi connectivity index (χ4v) is 5.22. The van der Waals surface area contributed by atoms with Crippen LogP contribution in [0.2, 0.25) is 5.15 Å². The van der Waals surface area contributed by atoms with Crippen molar-refractivity contribution in [1.82, 2.24) is 24.6 Å². The van der Waals surface area contributed by atoms with Crippen LogP contribution in [0.25, 0.3) is 28.3 Å². The van der Waals surface area contributed by atoms with Crippen LogP contribution in [0.15, 0.2) is 54.9 Å². The van der Waals surface area contributed by atoms with Gasteiger partial charge >= 0.3 is 0 Å². The summed E-state index contributed by atoms with van der Waals surface area (Å²) in [6, 6.07) is 18.9. The third-order valence-corrected chi connectivity index (χ3v) is 7.15. The summed E-state index contributed by atoms with van der Waals surface area (Å²) < 4.78 is 4.14. The predicted molar refractivity (Wildman–Crippen MR) is 129 cm³/mol. The monoisotopic (exact) mass is 455 g/mol. The summed E-state index contributed by atoms with van der Waals surface area (Å²) in [6.45, 7) is 2.69. The third-order valence-electron chi connectivity index (χ3n) is 6.75. The van der Waals surface area contributed by atoms with Gasteiger partial charge in [-0.2, -0.15) is 5.26 Å². The Morgan fingerprint density at radius 3 is 2.76 bits per heavy atom. The number of benzene rings is 2. The average molecular weight is 456 g/mol. The Labute approximate surface area is 196 Å². The molecule has 1 saturated heterocycles. The minimum Gasteiger partial charge on any atom is -0.370 e. The van der Waals surface area contributed by atoms with Crippen LogP contribution in [0.5, 0.6) is 0 Å². The summed E-state index contributed by atoms with van der Waals surface area (Å²) in [5, 5.41) is 21.8. The molecular weight excluding hydrogens is 434 g/mol. The van der Waals surface area contributed by atoms with Gasteiger partial charge in [-0.05, 0) is 61.0 Å². The lowest BCUT2D eigenvalue weighted by Crippen LogP contribution is -2.29. The van der Waals surface area contributed by atoms with Crippen molar-refractivity contribution in [2.75, 3.05) is 25.0 Å². The third kappa shape index (κ3) is 3.22. The molecule has 8 heteroatoms. The molecule has 4 aromatic rings. The summed E-state index contributed by atoms with van der Waals surface area (Å²) >= 11 is 6.95. The number of nitrogens with zero attached hydrogens (tertiary/aromatic N) is 6. The van der Waals surface area contributed by atoms with Crippen molar-refractivity contribution in [3.63, 3.8) is 0 Å². The van der Waals surface area contributed by atoms with E-state index in [0.717, 1.165) is 47.8 Å². The summed E-state index contributed by atoms with van der Waals surface area (Å²) in [7, 11) is 2.03. The molecule has 1 fully saturated rings. The van der Waals surface area contributed by atoms with Crippen LogP contribution in [-0.2, 0) is 6.54 Å². The van der Waals surface area contributed by atoms with Crippen LogP contribution in [-0.4, -0.2) is 45.5 Å². The Kier molecular flexibility index (Phi) is 4.72. The van der Waals surface area contributed by atoms with Gasteiger partial charge in [-0.3, -0.25) is 4.57 Å². The Hall–Kier alpha value is -3.60. The number of rotatable bonds is 3. The highest BCUT2D eigenvalue weighted by Gasteiger charge is 2.27. The van der Waals surface area contributed by atoms with Crippen LogP contribution < -0.4 is 10.2 Å². The van der Waals surface area contributed by atoms with Gasteiger partial charge in [0, 0.05) is 30.4 Å². The molecule has 2 aliphatic heterocycles. The molecule has 6 rings (SSSR count). The zero-order chi connectivity index (χ0) is 22.5. The van der Waals surface area contributed by atoms with Crippen LogP contribution in [0, 0.1) is 11.3 Å². The van der Waals surface area contributed by atoms with Crippen molar-refractivity contribution in [1.29, 1.82) is 5.26 Å². The van der Waals surface area contributed by atoms with Crippen molar-refractivity contribution < 1.29 is 0 Å². The minimum atomic E-state index is 0.522. The minimum absolute atomic E-state index is 0.522. The Balaban J connectivity index is 1.45. The molecule has 2 aliphatic rings. The number of nitriles is 1. The van der Waals surface area contributed by atoms with E-state index in [0.29, 0.717) is 23.3 Å². The molecule has 0 bridgehead atoms. The van der Waals surface area contributed by atoms with Crippen molar-refractivity contribution in [3.8, 4) is 34.4 Å². The van der Waals surface area contributed by atoms with E-state index in [9.17, 15) is 0 Å². The summed E-state index contributed by atoms with van der Waals surface area (Å²) in [6.07, 6.45) is 2.91. The number of aromatic nitrogens is 4. The number of halogens is 1. The lowest BCUT2D eigenvalue weighted by Gasteiger charge is -2.21. The topological polar surface area (TPSA) is 74.7 Å². The SMILES string of the molecule is CN[C@@H]1CCN(c2ccc3c(c2)Cn2c(cc(-c4ccc(C#N)cc4)c2Cl)-c2nncn2-3)C1. The van der Waals surface area contributed by atoms with Gasteiger partial charge in [0.2, 0.25) is 0 Å². The van der Waals surface area contributed by atoms with Crippen molar-refractivity contribution in [2.45, 2.75) is 19.0 Å². The zero-order valence-corrected chi connectivity index (χ0v) is 18.9. The summed E-state index contributed by atoms with van der Waals surface area (Å²) in [5.41, 5.74) is 6.90. The lowest BCUT2D eigenvalue weighted by molar-refractivity contribution is 0.617. The standard InChI is InChI=1S/C25H22ClN7/c1-28-19-8-9-31(14-19)20-6-7-22-18(10-20)13-32-23(25-30-29-15-33(22)25)11-21(24(32)26)17-4-2-16(12-27)3-5-17/h2-7,10-11,15,19,28H,8-9,13-14H2,1H3/t19-/m1/s1. The molecule has 164 valence electrons. The normalized spacial score (nSPS) is 16.6. The van der Waals surface area contributed by atoms with Crippen LogP contribution in [0.1, 0.15) is 17.5 Å². The molecular formula is C25H22ClN7. The number of hydrogen-bond acceptors (Lipinski definition) is 5. The van der Waals surface area contributed by atoms with E-state index in [-0.39, 0.29) is 0 Å². The maximum Gasteiger partial charge on any atom is 0.185 e. The zero-order valence-electron chi connectivity index (χ0n) is 18.2. The van der Waals surface area contributed by atoms with Gasteiger partial charge in [-0.1, -0.05) is 23.7 Å². The molecule has 2 aromatic carbocycles. The first kappa shape index (κ1) is 20.0. The van der Waals surface area contributed by atoms with Crippen molar-refractivity contribution in [2.24, 2.45) is 0 Å². The molecule has 0 saturated carbocycles. The molecule has 0 unspecified atom stereocenters. The first-order chi connectivity index (χ1) is 16.2. The molecule has 1 N–H and O–H groups in total. The maximum absolute atomic E-state index is 9.12. The molecule has 1 atom stereocenters. The number of likely N-dealkylation sites (N-methyl/N-ethyl adjacent to an activating group) is 1. The van der Waals surface area contributed by atoms with Gasteiger partial charge in [-0.25, -0.2) is 0 Å². The van der Waals surface area contributed by atoms with Crippen LogP contribution >= 0.6 is 11.6 Å². The van der Waals surface area contributed by atoms with Gasteiger partial charge in [0.1, 0.15) is 11.5 Å². The number of nitrogens with one attached hydrogen (secondary N) is 1. The van der Waals surface area contributed by atoms with Crippen LogP contribution in [0.3, 0.4) is 0 Å². The second-order valence-electron chi connectivity index (χ2n) is 8.57. The molecule has 0 amide bonds. The van der Waals surface area contributed by atoms with Gasteiger partial charge < -0.3 is 14.8 Å². The molecule has 0 radical (unpaired) electrons. The van der Waals surface area contributed by atoms with E-state index in [2.05, 4.69) is 55.3 Å². The molecule has 4 heterocycles. The maximum atomic E-state index is 9.12. The summed E-state index contributed by atoms with van der Waals surface area (Å²) in [4.78, 5) is 2.43. The smallest absolute Gasteiger partial charge is 0.185 e. The lowest BCUT2D eigenvalue weighted by atomic mass is 10.1.